The van der Waals surface area contributed by atoms with Crippen LogP contribution in [0.4, 0.5) is 0 Å². The molecule has 3 nitrogen and oxygen atoms in total. The van der Waals surface area contributed by atoms with Crippen LogP contribution < -0.4 is 0 Å². The monoisotopic (exact) mass is 148 g/mol. The number of hydrogen-bond donors (Lipinski definition) is 0. The van der Waals surface area contributed by atoms with Gasteiger partial charge in [-0.25, -0.2) is 0 Å². The van der Waals surface area contributed by atoms with Crippen molar-refractivity contribution in [3.63, 3.8) is 0 Å². The summed E-state index contributed by atoms with van der Waals surface area (Å²) in [7, 11) is 0. The number of nitriles is 1. The van der Waals surface area contributed by atoms with E-state index in [-0.39, 0.29) is 0 Å². The van der Waals surface area contributed by atoms with Crippen LogP contribution in [-0.4, -0.2) is 5.16 Å². The van der Waals surface area contributed by atoms with E-state index in [1.165, 1.54) is 0 Å². The summed E-state index contributed by atoms with van der Waals surface area (Å²) in [5, 5.41) is 12.3. The molecule has 0 amide bonds. The fraction of sp³-hybridized carbons (Fsp3) is 0.500. The van der Waals surface area contributed by atoms with Gasteiger partial charge in [0.1, 0.15) is 11.8 Å². The molecule has 0 radical (unpaired) electrons. The molecule has 0 N–H and O–H groups in total. The minimum atomic E-state index is 0.486. The molecule has 1 aliphatic carbocycles. The summed E-state index contributed by atoms with van der Waals surface area (Å²) in [5.74, 6) is 0.924. The zero-order valence-corrected chi connectivity index (χ0v) is 6.13. The Labute approximate surface area is 64.6 Å². The van der Waals surface area contributed by atoms with Crippen LogP contribution in [0.25, 0.3) is 0 Å². The lowest BCUT2D eigenvalue weighted by atomic mass is 9.97. The van der Waals surface area contributed by atoms with E-state index in [0.29, 0.717) is 5.69 Å². The van der Waals surface area contributed by atoms with Crippen molar-refractivity contribution in [3.8, 4) is 6.07 Å². The van der Waals surface area contributed by atoms with E-state index in [2.05, 4.69) is 5.16 Å². The van der Waals surface area contributed by atoms with Gasteiger partial charge in [0.15, 0.2) is 5.69 Å². The van der Waals surface area contributed by atoms with E-state index < -0.39 is 0 Å². The fourth-order valence-corrected chi connectivity index (χ4v) is 1.47. The summed E-state index contributed by atoms with van der Waals surface area (Å²) in [5.41, 5.74) is 1.53. The molecule has 2 rings (SSSR count). The average Bonchev–Trinajstić information content (AvgIpc) is 2.47. The molecule has 0 aliphatic heterocycles. The Morgan fingerprint density at radius 3 is 3.00 bits per heavy atom. The summed E-state index contributed by atoms with van der Waals surface area (Å²) >= 11 is 0. The van der Waals surface area contributed by atoms with E-state index in [1.807, 2.05) is 6.07 Å². The van der Waals surface area contributed by atoms with Crippen LogP contribution >= 0.6 is 0 Å². The molecular formula is C8H8N2O. The van der Waals surface area contributed by atoms with Crippen molar-refractivity contribution >= 4 is 0 Å². The SMILES string of the molecule is N#Cc1noc2c1CCCC2. The average molecular weight is 148 g/mol. The maximum absolute atomic E-state index is 8.61. The van der Waals surface area contributed by atoms with E-state index in [0.717, 1.165) is 37.0 Å². The molecule has 1 aromatic rings. The molecule has 1 aromatic heterocycles. The van der Waals surface area contributed by atoms with Gasteiger partial charge in [0, 0.05) is 12.0 Å². The predicted octanol–water partition coefficient (Wildman–Crippen LogP) is 1.43. The lowest BCUT2D eigenvalue weighted by Gasteiger charge is -2.06. The molecule has 56 valence electrons. The van der Waals surface area contributed by atoms with Gasteiger partial charge in [-0.3, -0.25) is 0 Å². The van der Waals surface area contributed by atoms with Gasteiger partial charge in [-0.2, -0.15) is 5.26 Å². The van der Waals surface area contributed by atoms with Crippen LogP contribution in [-0.2, 0) is 12.8 Å². The number of aryl methyl sites for hydroxylation is 1. The van der Waals surface area contributed by atoms with Gasteiger partial charge in [-0.1, -0.05) is 5.16 Å². The zero-order chi connectivity index (χ0) is 7.68. The number of nitrogens with zero attached hydrogens (tertiary/aromatic N) is 2. The van der Waals surface area contributed by atoms with Crippen LogP contribution in [0, 0.1) is 11.3 Å². The van der Waals surface area contributed by atoms with Crippen LogP contribution in [0.2, 0.25) is 0 Å². The number of fused-ring (bicyclic) bond motifs is 1. The molecule has 0 atom stereocenters. The Bertz CT molecular complexity index is 308. The van der Waals surface area contributed by atoms with Crippen molar-refractivity contribution in [1.29, 1.82) is 5.26 Å². The van der Waals surface area contributed by atoms with Crippen LogP contribution in [0.5, 0.6) is 0 Å². The van der Waals surface area contributed by atoms with Crippen molar-refractivity contribution in [2.45, 2.75) is 25.7 Å². The number of hydrogen-bond acceptors (Lipinski definition) is 3. The first-order valence-electron chi connectivity index (χ1n) is 3.79. The Morgan fingerprint density at radius 1 is 1.36 bits per heavy atom. The Morgan fingerprint density at radius 2 is 2.18 bits per heavy atom. The first-order chi connectivity index (χ1) is 5.42. The Hall–Kier alpha value is -1.30. The molecule has 0 saturated heterocycles. The van der Waals surface area contributed by atoms with Crippen molar-refractivity contribution < 1.29 is 4.52 Å². The molecule has 0 unspecified atom stereocenters. The molecule has 0 fully saturated rings. The second kappa shape index (κ2) is 2.39. The van der Waals surface area contributed by atoms with E-state index in [4.69, 9.17) is 9.78 Å². The fourth-order valence-electron chi connectivity index (χ4n) is 1.47. The predicted molar refractivity (Wildman–Crippen MR) is 37.9 cm³/mol. The summed E-state index contributed by atoms with van der Waals surface area (Å²) in [6.07, 6.45) is 4.22. The van der Waals surface area contributed by atoms with Gasteiger partial charge in [-0.05, 0) is 19.3 Å². The zero-order valence-electron chi connectivity index (χ0n) is 6.13. The molecule has 0 bridgehead atoms. The minimum Gasteiger partial charge on any atom is -0.360 e. The minimum absolute atomic E-state index is 0.486. The Balaban J connectivity index is 2.48. The van der Waals surface area contributed by atoms with Gasteiger partial charge in [0.05, 0.1) is 0 Å². The smallest absolute Gasteiger partial charge is 0.186 e. The van der Waals surface area contributed by atoms with Gasteiger partial charge >= 0.3 is 0 Å². The standard InChI is InChI=1S/C8H8N2O/c9-5-7-6-3-1-2-4-8(6)11-10-7/h1-4H2. The van der Waals surface area contributed by atoms with Gasteiger partial charge < -0.3 is 4.52 Å². The Kier molecular flexibility index (Phi) is 1.39. The lowest BCUT2D eigenvalue weighted by molar-refractivity contribution is 0.371. The quantitative estimate of drug-likeness (QED) is 0.559. The number of aromatic nitrogens is 1. The molecule has 0 spiro atoms. The third-order valence-electron chi connectivity index (χ3n) is 2.06. The highest BCUT2D eigenvalue weighted by Crippen LogP contribution is 2.23. The van der Waals surface area contributed by atoms with Crippen LogP contribution in [0.3, 0.4) is 0 Å². The topological polar surface area (TPSA) is 49.8 Å². The van der Waals surface area contributed by atoms with E-state index in [1.54, 1.807) is 0 Å². The molecule has 0 aromatic carbocycles. The normalized spacial score (nSPS) is 15.5. The van der Waals surface area contributed by atoms with E-state index >= 15 is 0 Å². The molecule has 3 heteroatoms. The largest absolute Gasteiger partial charge is 0.360 e. The molecule has 1 aliphatic rings. The van der Waals surface area contributed by atoms with Crippen molar-refractivity contribution in [2.75, 3.05) is 0 Å². The number of rotatable bonds is 0. The summed E-state index contributed by atoms with van der Waals surface area (Å²) in [6, 6.07) is 2.03. The maximum atomic E-state index is 8.61. The second-order valence-electron chi connectivity index (χ2n) is 2.75. The van der Waals surface area contributed by atoms with Gasteiger partial charge in [0.2, 0.25) is 0 Å². The van der Waals surface area contributed by atoms with E-state index in [9.17, 15) is 0 Å². The summed E-state index contributed by atoms with van der Waals surface area (Å²) in [4.78, 5) is 0. The summed E-state index contributed by atoms with van der Waals surface area (Å²) < 4.78 is 5.01. The van der Waals surface area contributed by atoms with Gasteiger partial charge in [-0.15, -0.1) is 0 Å². The highest BCUT2D eigenvalue weighted by atomic mass is 16.5. The molecule has 0 saturated carbocycles. The first-order valence-corrected chi connectivity index (χ1v) is 3.79. The lowest BCUT2D eigenvalue weighted by Crippen LogP contribution is -1.99. The summed E-state index contributed by atoms with van der Waals surface area (Å²) in [6.45, 7) is 0. The highest BCUT2D eigenvalue weighted by molar-refractivity contribution is 5.33. The van der Waals surface area contributed by atoms with Crippen molar-refractivity contribution in [2.24, 2.45) is 0 Å². The van der Waals surface area contributed by atoms with Crippen molar-refractivity contribution in [1.82, 2.24) is 5.16 Å². The molecule has 11 heavy (non-hydrogen) atoms. The maximum Gasteiger partial charge on any atom is 0.186 e. The van der Waals surface area contributed by atoms with Crippen LogP contribution in [0.15, 0.2) is 4.52 Å². The third kappa shape index (κ3) is 0.911. The molecule has 1 heterocycles. The van der Waals surface area contributed by atoms with Crippen LogP contribution in [0.1, 0.15) is 29.9 Å². The highest BCUT2D eigenvalue weighted by Gasteiger charge is 2.18. The van der Waals surface area contributed by atoms with Crippen molar-refractivity contribution in [3.05, 3.63) is 17.0 Å². The van der Waals surface area contributed by atoms with Gasteiger partial charge in [0.25, 0.3) is 0 Å². The second-order valence-corrected chi connectivity index (χ2v) is 2.75. The molecular weight excluding hydrogens is 140 g/mol. The third-order valence-corrected chi connectivity index (χ3v) is 2.06. The first kappa shape index (κ1) is 6.41.